The minimum Gasteiger partial charge on any atom is -0.444 e. The summed E-state index contributed by atoms with van der Waals surface area (Å²) in [5.41, 5.74) is 0.900. The van der Waals surface area contributed by atoms with Gasteiger partial charge in [-0.2, -0.15) is 0 Å². The minimum atomic E-state index is -0.429. The van der Waals surface area contributed by atoms with Gasteiger partial charge in [-0.25, -0.2) is 4.79 Å². The lowest BCUT2D eigenvalue weighted by atomic mass is 9.96. The number of thiophene rings is 1. The van der Waals surface area contributed by atoms with Crippen molar-refractivity contribution >= 4 is 17.4 Å². The molecule has 118 valence electrons. The molecule has 2 heterocycles. The molecule has 21 heavy (non-hydrogen) atoms. The molecular weight excluding hydrogens is 284 g/mol. The molecule has 1 amide bonds. The fourth-order valence-corrected chi connectivity index (χ4v) is 3.97. The van der Waals surface area contributed by atoms with E-state index in [1.54, 1.807) is 11.3 Å². The zero-order valence-corrected chi connectivity index (χ0v) is 14.4. The van der Waals surface area contributed by atoms with Crippen molar-refractivity contribution in [2.45, 2.75) is 45.8 Å². The summed E-state index contributed by atoms with van der Waals surface area (Å²) in [7, 11) is 2.00. The number of hydrogen-bond acceptors (Lipinski definition) is 4. The first-order valence-corrected chi connectivity index (χ1v) is 8.39. The molecule has 2 rings (SSSR count). The lowest BCUT2D eigenvalue weighted by molar-refractivity contribution is 0.0285. The van der Waals surface area contributed by atoms with Crippen molar-refractivity contribution < 1.29 is 9.53 Å². The maximum absolute atomic E-state index is 12.2. The lowest BCUT2D eigenvalue weighted by Gasteiger charge is -2.26. The molecule has 1 saturated heterocycles. The molecule has 1 aliphatic heterocycles. The van der Waals surface area contributed by atoms with E-state index >= 15 is 0 Å². The highest BCUT2D eigenvalue weighted by Gasteiger charge is 2.34. The average molecular weight is 310 g/mol. The van der Waals surface area contributed by atoms with E-state index in [0.29, 0.717) is 12.0 Å². The van der Waals surface area contributed by atoms with Crippen LogP contribution in [0.2, 0.25) is 0 Å². The van der Waals surface area contributed by atoms with Crippen LogP contribution in [0.25, 0.3) is 0 Å². The quantitative estimate of drug-likeness (QED) is 0.928. The van der Waals surface area contributed by atoms with Crippen LogP contribution in [0.15, 0.2) is 11.4 Å². The van der Waals surface area contributed by atoms with E-state index in [1.807, 2.05) is 32.7 Å². The molecule has 1 aromatic rings. The summed E-state index contributed by atoms with van der Waals surface area (Å²) < 4.78 is 5.47. The number of carbonyl (C=O) groups is 1. The van der Waals surface area contributed by atoms with Gasteiger partial charge in [0, 0.05) is 24.0 Å². The Hall–Kier alpha value is -1.07. The van der Waals surface area contributed by atoms with Crippen LogP contribution in [-0.2, 0) is 4.74 Å². The fraction of sp³-hybridized carbons (Fsp3) is 0.688. The Labute approximate surface area is 131 Å². The molecule has 1 fully saturated rings. The van der Waals surface area contributed by atoms with Crippen molar-refractivity contribution in [3.63, 3.8) is 0 Å². The van der Waals surface area contributed by atoms with Gasteiger partial charge in [0.25, 0.3) is 0 Å². The summed E-state index contributed by atoms with van der Waals surface area (Å²) in [5, 5.41) is 5.56. The molecule has 5 heteroatoms. The summed E-state index contributed by atoms with van der Waals surface area (Å²) >= 11 is 1.79. The van der Waals surface area contributed by atoms with Crippen LogP contribution in [-0.4, -0.2) is 36.7 Å². The van der Waals surface area contributed by atoms with Gasteiger partial charge >= 0.3 is 6.09 Å². The molecule has 0 aliphatic carbocycles. The number of likely N-dealkylation sites (tertiary alicyclic amines) is 1. The third-order valence-electron chi connectivity index (χ3n) is 3.84. The van der Waals surface area contributed by atoms with Gasteiger partial charge in [-0.3, -0.25) is 0 Å². The normalized spacial score (nSPS) is 20.6. The summed E-state index contributed by atoms with van der Waals surface area (Å²) in [6, 6.07) is 2.47. The monoisotopic (exact) mass is 310 g/mol. The van der Waals surface area contributed by atoms with E-state index in [4.69, 9.17) is 4.74 Å². The number of hydrogen-bond donors (Lipinski definition) is 1. The van der Waals surface area contributed by atoms with Crippen LogP contribution in [0.1, 0.15) is 43.7 Å². The molecule has 2 unspecified atom stereocenters. The molecule has 0 bridgehead atoms. The van der Waals surface area contributed by atoms with Gasteiger partial charge in [-0.15, -0.1) is 11.3 Å². The maximum Gasteiger partial charge on any atom is 0.410 e. The summed E-state index contributed by atoms with van der Waals surface area (Å²) in [5.74, 6) is 0.444. The highest BCUT2D eigenvalue weighted by atomic mass is 32.1. The van der Waals surface area contributed by atoms with Crippen LogP contribution in [0.5, 0.6) is 0 Å². The fourth-order valence-electron chi connectivity index (χ4n) is 2.84. The van der Waals surface area contributed by atoms with Crippen LogP contribution < -0.4 is 5.32 Å². The molecule has 1 aliphatic rings. The van der Waals surface area contributed by atoms with Crippen molar-refractivity contribution in [3.8, 4) is 0 Å². The molecule has 1 aromatic heterocycles. The SMILES string of the molecule is CNC(c1sccc1C)C1CCN(C(=O)OC(C)(C)C)C1. The maximum atomic E-state index is 12.2. The zero-order chi connectivity index (χ0) is 15.6. The summed E-state index contributed by atoms with van der Waals surface area (Å²) in [6.45, 7) is 9.41. The Balaban J connectivity index is 2.01. The van der Waals surface area contributed by atoms with Crippen LogP contribution in [0.3, 0.4) is 0 Å². The number of nitrogens with zero attached hydrogens (tertiary/aromatic N) is 1. The van der Waals surface area contributed by atoms with Gasteiger partial charge < -0.3 is 15.0 Å². The molecule has 0 aromatic carbocycles. The molecule has 0 spiro atoms. The van der Waals surface area contributed by atoms with E-state index in [0.717, 1.165) is 19.5 Å². The second kappa shape index (κ2) is 6.36. The van der Waals surface area contributed by atoms with E-state index < -0.39 is 5.60 Å². The van der Waals surface area contributed by atoms with Crippen LogP contribution in [0, 0.1) is 12.8 Å². The third-order valence-corrected chi connectivity index (χ3v) is 4.94. The highest BCUT2D eigenvalue weighted by molar-refractivity contribution is 7.10. The Bertz CT molecular complexity index is 493. The van der Waals surface area contributed by atoms with Gasteiger partial charge in [0.2, 0.25) is 0 Å². The van der Waals surface area contributed by atoms with Gasteiger partial charge in [0.1, 0.15) is 5.60 Å². The predicted octanol–water partition coefficient (Wildman–Crippen LogP) is 3.57. The Morgan fingerprint density at radius 1 is 1.52 bits per heavy atom. The van der Waals surface area contributed by atoms with E-state index in [-0.39, 0.29) is 6.09 Å². The van der Waals surface area contributed by atoms with Crippen molar-refractivity contribution in [2.24, 2.45) is 5.92 Å². The molecule has 0 saturated carbocycles. The number of carbonyl (C=O) groups excluding carboxylic acids is 1. The second-order valence-corrected chi connectivity index (χ2v) is 7.66. The molecule has 1 N–H and O–H groups in total. The molecular formula is C16H26N2O2S. The van der Waals surface area contributed by atoms with Crippen molar-refractivity contribution in [3.05, 3.63) is 21.9 Å². The Morgan fingerprint density at radius 2 is 2.24 bits per heavy atom. The number of aryl methyl sites for hydroxylation is 1. The van der Waals surface area contributed by atoms with Gasteiger partial charge in [0.05, 0.1) is 0 Å². The first-order valence-electron chi connectivity index (χ1n) is 7.51. The average Bonchev–Trinajstić information content (AvgIpc) is 2.99. The zero-order valence-electron chi connectivity index (χ0n) is 13.6. The van der Waals surface area contributed by atoms with E-state index in [9.17, 15) is 4.79 Å². The van der Waals surface area contributed by atoms with Crippen molar-refractivity contribution in [2.75, 3.05) is 20.1 Å². The molecule has 4 nitrogen and oxygen atoms in total. The standard InChI is InChI=1S/C16H26N2O2S/c1-11-7-9-21-14(11)13(17-5)12-6-8-18(10-12)15(19)20-16(2,3)4/h7,9,12-13,17H,6,8,10H2,1-5H3. The second-order valence-electron chi connectivity index (χ2n) is 6.71. The van der Waals surface area contributed by atoms with Gasteiger partial charge in [-0.05, 0) is 64.1 Å². The molecule has 0 radical (unpaired) electrons. The topological polar surface area (TPSA) is 41.6 Å². The van der Waals surface area contributed by atoms with Crippen LogP contribution in [0.4, 0.5) is 4.79 Å². The van der Waals surface area contributed by atoms with E-state index in [1.165, 1.54) is 10.4 Å². The van der Waals surface area contributed by atoms with Crippen LogP contribution >= 0.6 is 11.3 Å². The van der Waals surface area contributed by atoms with Crippen molar-refractivity contribution in [1.82, 2.24) is 10.2 Å². The highest BCUT2D eigenvalue weighted by Crippen LogP contribution is 2.34. The largest absolute Gasteiger partial charge is 0.444 e. The first kappa shape index (κ1) is 16.3. The number of amides is 1. The first-order chi connectivity index (χ1) is 9.81. The molecule has 2 atom stereocenters. The number of rotatable bonds is 3. The third kappa shape index (κ3) is 3.98. The van der Waals surface area contributed by atoms with Gasteiger partial charge in [-0.1, -0.05) is 0 Å². The number of ether oxygens (including phenoxy) is 1. The van der Waals surface area contributed by atoms with Crippen molar-refractivity contribution in [1.29, 1.82) is 0 Å². The number of nitrogens with one attached hydrogen (secondary N) is 1. The van der Waals surface area contributed by atoms with Gasteiger partial charge in [0.15, 0.2) is 0 Å². The Morgan fingerprint density at radius 3 is 2.76 bits per heavy atom. The Kier molecular flexibility index (Phi) is 4.94. The lowest BCUT2D eigenvalue weighted by Crippen LogP contribution is -2.36. The smallest absolute Gasteiger partial charge is 0.410 e. The summed E-state index contributed by atoms with van der Waals surface area (Å²) in [6.07, 6.45) is 0.824. The minimum absolute atomic E-state index is 0.192. The summed E-state index contributed by atoms with van der Waals surface area (Å²) in [4.78, 5) is 15.4. The van der Waals surface area contributed by atoms with E-state index in [2.05, 4.69) is 23.7 Å². The predicted molar refractivity (Wildman–Crippen MR) is 86.8 cm³/mol.